The Bertz CT molecular complexity index is 436. The lowest BCUT2D eigenvalue weighted by molar-refractivity contribution is 0.281. The van der Waals surface area contributed by atoms with Gasteiger partial charge in [-0.25, -0.2) is 5.43 Å². The second-order valence-electron chi connectivity index (χ2n) is 6.35. The highest BCUT2D eigenvalue weighted by atomic mass is 16.5. The molecule has 1 aliphatic heterocycles. The van der Waals surface area contributed by atoms with Crippen molar-refractivity contribution < 1.29 is 4.74 Å². The lowest BCUT2D eigenvalue weighted by Gasteiger charge is -2.23. The van der Waals surface area contributed by atoms with Gasteiger partial charge in [-0.15, -0.1) is 0 Å². The molecule has 1 aromatic rings. The third kappa shape index (κ3) is 4.19. The molecule has 21 heavy (non-hydrogen) atoms. The number of hydrogen-bond acceptors (Lipinski definition) is 4. The largest absolute Gasteiger partial charge is 0.493 e. The first-order valence-electron chi connectivity index (χ1n) is 8.00. The molecule has 0 spiro atoms. The summed E-state index contributed by atoms with van der Waals surface area (Å²) >= 11 is 0. The summed E-state index contributed by atoms with van der Waals surface area (Å²) in [5.74, 6) is 2.18. The second-order valence-corrected chi connectivity index (χ2v) is 6.35. The zero-order chi connectivity index (χ0) is 15.2. The highest BCUT2D eigenvalue weighted by Crippen LogP contribution is 2.34. The van der Waals surface area contributed by atoms with Crippen LogP contribution in [-0.2, 0) is 0 Å². The molecule has 1 aliphatic rings. The maximum Gasteiger partial charge on any atom is 0.124 e. The van der Waals surface area contributed by atoms with Gasteiger partial charge in [-0.2, -0.15) is 0 Å². The van der Waals surface area contributed by atoms with Crippen molar-refractivity contribution in [2.24, 2.45) is 11.8 Å². The first-order valence-corrected chi connectivity index (χ1v) is 8.00. The number of nitrogens with one attached hydrogen (secondary N) is 3. The van der Waals surface area contributed by atoms with Crippen LogP contribution in [-0.4, -0.2) is 26.2 Å². The van der Waals surface area contributed by atoms with Gasteiger partial charge in [0.2, 0.25) is 0 Å². The van der Waals surface area contributed by atoms with Crippen LogP contribution in [0, 0.1) is 11.8 Å². The summed E-state index contributed by atoms with van der Waals surface area (Å²) in [6.45, 7) is 8.43. The summed E-state index contributed by atoms with van der Waals surface area (Å²) in [4.78, 5) is 0. The molecule has 4 heteroatoms. The quantitative estimate of drug-likeness (QED) is 0.722. The van der Waals surface area contributed by atoms with E-state index >= 15 is 0 Å². The lowest BCUT2D eigenvalue weighted by Crippen LogP contribution is -2.31. The van der Waals surface area contributed by atoms with Crippen LogP contribution in [0.5, 0.6) is 5.75 Å². The first-order chi connectivity index (χ1) is 10.1. The molecule has 1 aromatic carbocycles. The molecule has 2 rings (SSSR count). The molecular weight excluding hydrogens is 262 g/mol. The van der Waals surface area contributed by atoms with E-state index < -0.39 is 0 Å². The Morgan fingerprint density at radius 2 is 2.00 bits per heavy atom. The summed E-state index contributed by atoms with van der Waals surface area (Å²) in [6.07, 6.45) is 1.08. The molecule has 0 bridgehead atoms. The van der Waals surface area contributed by atoms with Crippen LogP contribution in [0.3, 0.4) is 0 Å². The van der Waals surface area contributed by atoms with E-state index in [0.717, 1.165) is 25.3 Å². The molecule has 1 saturated heterocycles. The predicted molar refractivity (Wildman–Crippen MR) is 87.3 cm³/mol. The molecule has 4 nitrogen and oxygen atoms in total. The first kappa shape index (κ1) is 16.3. The molecular formula is C17H29N3O. The van der Waals surface area contributed by atoms with Gasteiger partial charge in [0.05, 0.1) is 12.6 Å². The van der Waals surface area contributed by atoms with Crippen LogP contribution in [0.1, 0.15) is 38.8 Å². The van der Waals surface area contributed by atoms with E-state index in [4.69, 9.17) is 4.74 Å². The minimum absolute atomic E-state index is 0.280. The van der Waals surface area contributed by atoms with Crippen molar-refractivity contribution in [3.8, 4) is 5.75 Å². The van der Waals surface area contributed by atoms with Crippen molar-refractivity contribution in [1.82, 2.24) is 16.2 Å². The molecule has 1 fully saturated rings. The van der Waals surface area contributed by atoms with Crippen LogP contribution >= 0.6 is 0 Å². The Hall–Kier alpha value is -1.10. The third-order valence-corrected chi connectivity index (χ3v) is 4.18. The summed E-state index contributed by atoms with van der Waals surface area (Å²) < 4.78 is 6.03. The molecule has 0 amide bonds. The molecule has 0 aromatic heterocycles. The van der Waals surface area contributed by atoms with Gasteiger partial charge < -0.3 is 10.1 Å². The average molecular weight is 291 g/mol. The van der Waals surface area contributed by atoms with Crippen molar-refractivity contribution in [3.63, 3.8) is 0 Å². The van der Waals surface area contributed by atoms with E-state index in [9.17, 15) is 0 Å². The number of para-hydroxylation sites is 1. The van der Waals surface area contributed by atoms with Gasteiger partial charge in [-0.05, 0) is 32.4 Å². The SMILES string of the molecule is CNCC1C(C)NNC1c1ccccc1OCCC(C)C. The molecule has 3 N–H and O–H groups in total. The standard InChI is InChI=1S/C17H29N3O/c1-12(2)9-10-21-16-8-6-5-7-14(16)17-15(11-18-4)13(3)19-20-17/h5-8,12-13,15,17-20H,9-11H2,1-4H3. The molecule has 3 unspecified atom stereocenters. The van der Waals surface area contributed by atoms with Gasteiger partial charge >= 0.3 is 0 Å². The van der Waals surface area contributed by atoms with E-state index in [2.05, 4.69) is 55.1 Å². The van der Waals surface area contributed by atoms with Crippen LogP contribution in [0.2, 0.25) is 0 Å². The van der Waals surface area contributed by atoms with Crippen molar-refractivity contribution >= 4 is 0 Å². The summed E-state index contributed by atoms with van der Waals surface area (Å²) in [7, 11) is 2.01. The molecule has 0 aliphatic carbocycles. The van der Waals surface area contributed by atoms with Gasteiger partial charge in [-0.1, -0.05) is 32.0 Å². The summed E-state index contributed by atoms with van der Waals surface area (Å²) in [6, 6.07) is 9.11. The summed E-state index contributed by atoms with van der Waals surface area (Å²) in [5, 5.41) is 3.30. The molecule has 118 valence electrons. The van der Waals surface area contributed by atoms with Gasteiger partial charge in [-0.3, -0.25) is 5.43 Å². The monoisotopic (exact) mass is 291 g/mol. The number of benzene rings is 1. The fourth-order valence-corrected chi connectivity index (χ4v) is 2.84. The van der Waals surface area contributed by atoms with Crippen LogP contribution in [0.15, 0.2) is 24.3 Å². The van der Waals surface area contributed by atoms with Crippen LogP contribution in [0.25, 0.3) is 0 Å². The van der Waals surface area contributed by atoms with Gasteiger partial charge in [0.25, 0.3) is 0 Å². The third-order valence-electron chi connectivity index (χ3n) is 4.18. The maximum atomic E-state index is 6.03. The molecule has 0 radical (unpaired) electrons. The summed E-state index contributed by atoms with van der Waals surface area (Å²) in [5.41, 5.74) is 8.03. The van der Waals surface area contributed by atoms with E-state index in [0.29, 0.717) is 17.9 Å². The minimum Gasteiger partial charge on any atom is -0.493 e. The fourth-order valence-electron chi connectivity index (χ4n) is 2.84. The van der Waals surface area contributed by atoms with Gasteiger partial charge in [0.1, 0.15) is 5.75 Å². The van der Waals surface area contributed by atoms with E-state index in [1.807, 2.05) is 13.1 Å². The number of rotatable bonds is 7. The van der Waals surface area contributed by atoms with E-state index in [1.165, 1.54) is 5.56 Å². The maximum absolute atomic E-state index is 6.03. The average Bonchev–Trinajstić information content (AvgIpc) is 2.81. The number of hydrogen-bond donors (Lipinski definition) is 3. The lowest BCUT2D eigenvalue weighted by atomic mass is 9.89. The van der Waals surface area contributed by atoms with Gasteiger partial charge in [0.15, 0.2) is 0 Å². The van der Waals surface area contributed by atoms with Crippen LogP contribution in [0.4, 0.5) is 0 Å². The van der Waals surface area contributed by atoms with Crippen molar-refractivity contribution in [3.05, 3.63) is 29.8 Å². The van der Waals surface area contributed by atoms with Crippen molar-refractivity contribution in [2.45, 2.75) is 39.3 Å². The highest BCUT2D eigenvalue weighted by Gasteiger charge is 2.34. The smallest absolute Gasteiger partial charge is 0.124 e. The predicted octanol–water partition coefficient (Wildman–Crippen LogP) is 2.48. The Balaban J connectivity index is 2.11. The number of ether oxygens (including phenoxy) is 1. The fraction of sp³-hybridized carbons (Fsp3) is 0.647. The second kappa shape index (κ2) is 7.78. The van der Waals surface area contributed by atoms with E-state index in [-0.39, 0.29) is 6.04 Å². The Morgan fingerprint density at radius 3 is 2.71 bits per heavy atom. The molecule has 0 saturated carbocycles. The molecule has 1 heterocycles. The zero-order valence-electron chi connectivity index (χ0n) is 13.6. The van der Waals surface area contributed by atoms with E-state index in [1.54, 1.807) is 0 Å². The Morgan fingerprint density at radius 1 is 1.24 bits per heavy atom. The topological polar surface area (TPSA) is 45.3 Å². The Kier molecular flexibility index (Phi) is 6.03. The van der Waals surface area contributed by atoms with Crippen LogP contribution < -0.4 is 20.9 Å². The highest BCUT2D eigenvalue weighted by molar-refractivity contribution is 5.37. The zero-order valence-corrected chi connectivity index (χ0v) is 13.6. The minimum atomic E-state index is 0.280. The number of hydrazine groups is 1. The Labute approximate surface area is 128 Å². The van der Waals surface area contributed by atoms with Crippen molar-refractivity contribution in [2.75, 3.05) is 20.2 Å². The van der Waals surface area contributed by atoms with Gasteiger partial charge in [0, 0.05) is 24.1 Å². The van der Waals surface area contributed by atoms with Crippen molar-refractivity contribution in [1.29, 1.82) is 0 Å². The normalized spacial score (nSPS) is 25.5. The molecule has 3 atom stereocenters.